The van der Waals surface area contributed by atoms with E-state index in [1.54, 1.807) is 19.2 Å². The van der Waals surface area contributed by atoms with Gasteiger partial charge in [0.2, 0.25) is 10.0 Å². The molecule has 2 aromatic rings. The fourth-order valence-electron chi connectivity index (χ4n) is 3.62. The number of nitrogens with one attached hydrogen (secondary N) is 1. The standard InChI is InChI=1S/C21H26N2O8S/c1-28-15-6-4-5-7-16(15)31-14-10-12-23(13-11-14)32(26,27)18-9-8-17(29-2)20(30-3)19(18)21(24)22-25/h4-9,14,25H,10-13H2,1-3H3,(H,22,24). The molecular formula is C21H26N2O8S. The van der Waals surface area contributed by atoms with Crippen LogP contribution in [0.3, 0.4) is 0 Å². The van der Waals surface area contributed by atoms with Crippen molar-refractivity contribution in [2.75, 3.05) is 34.4 Å². The Morgan fingerprint density at radius 1 is 0.969 bits per heavy atom. The maximum Gasteiger partial charge on any atom is 0.279 e. The van der Waals surface area contributed by atoms with E-state index in [4.69, 9.17) is 24.2 Å². The van der Waals surface area contributed by atoms with Crippen molar-refractivity contribution in [1.82, 2.24) is 9.79 Å². The molecule has 174 valence electrons. The number of para-hydroxylation sites is 2. The average Bonchev–Trinajstić information content (AvgIpc) is 2.83. The van der Waals surface area contributed by atoms with E-state index in [9.17, 15) is 13.2 Å². The second kappa shape index (κ2) is 10.1. The maximum atomic E-state index is 13.4. The number of carbonyl (C=O) groups excluding carboxylic acids is 1. The summed E-state index contributed by atoms with van der Waals surface area (Å²) in [4.78, 5) is 12.0. The summed E-state index contributed by atoms with van der Waals surface area (Å²) in [5.74, 6) is 0.253. The zero-order valence-corrected chi connectivity index (χ0v) is 18.8. The van der Waals surface area contributed by atoms with Crippen molar-refractivity contribution in [3.63, 3.8) is 0 Å². The molecule has 1 aliphatic rings. The molecule has 1 saturated heterocycles. The van der Waals surface area contributed by atoms with Gasteiger partial charge in [-0.05, 0) is 37.1 Å². The number of hydrogen-bond donors (Lipinski definition) is 2. The molecule has 3 rings (SSSR count). The molecule has 0 unspecified atom stereocenters. The van der Waals surface area contributed by atoms with Gasteiger partial charge in [0.15, 0.2) is 23.0 Å². The number of benzene rings is 2. The first-order valence-electron chi connectivity index (χ1n) is 9.86. The van der Waals surface area contributed by atoms with Gasteiger partial charge in [0.05, 0.1) is 26.2 Å². The molecule has 1 aliphatic heterocycles. The number of nitrogens with zero attached hydrogens (tertiary/aromatic N) is 1. The van der Waals surface area contributed by atoms with Gasteiger partial charge in [-0.25, -0.2) is 13.9 Å². The number of rotatable bonds is 8. The first-order valence-corrected chi connectivity index (χ1v) is 11.3. The third-order valence-corrected chi connectivity index (χ3v) is 7.16. The number of sulfonamides is 1. The molecule has 0 aromatic heterocycles. The monoisotopic (exact) mass is 466 g/mol. The molecule has 2 aromatic carbocycles. The third kappa shape index (κ3) is 4.59. The maximum absolute atomic E-state index is 13.4. The topological polar surface area (TPSA) is 124 Å². The summed E-state index contributed by atoms with van der Waals surface area (Å²) in [6.45, 7) is 0.382. The van der Waals surface area contributed by atoms with Gasteiger partial charge >= 0.3 is 0 Å². The van der Waals surface area contributed by atoms with E-state index >= 15 is 0 Å². The number of hydroxylamine groups is 1. The van der Waals surface area contributed by atoms with E-state index in [1.807, 2.05) is 12.1 Å². The van der Waals surface area contributed by atoms with E-state index in [0.29, 0.717) is 24.3 Å². The lowest BCUT2D eigenvalue weighted by atomic mass is 10.1. The van der Waals surface area contributed by atoms with Gasteiger partial charge in [0, 0.05) is 13.1 Å². The van der Waals surface area contributed by atoms with Crippen LogP contribution in [0.2, 0.25) is 0 Å². The Bertz CT molecular complexity index is 1070. The fourth-order valence-corrected chi connectivity index (χ4v) is 5.27. The van der Waals surface area contributed by atoms with E-state index in [-0.39, 0.29) is 41.2 Å². The molecule has 0 spiro atoms. The van der Waals surface area contributed by atoms with Crippen LogP contribution in [0, 0.1) is 0 Å². The first-order chi connectivity index (χ1) is 15.4. The lowest BCUT2D eigenvalue weighted by molar-refractivity contribution is 0.0698. The molecular weight excluding hydrogens is 440 g/mol. The lowest BCUT2D eigenvalue weighted by Crippen LogP contribution is -2.42. The smallest absolute Gasteiger partial charge is 0.279 e. The van der Waals surface area contributed by atoms with E-state index in [2.05, 4.69) is 0 Å². The molecule has 10 nitrogen and oxygen atoms in total. The lowest BCUT2D eigenvalue weighted by Gasteiger charge is -2.32. The summed E-state index contributed by atoms with van der Waals surface area (Å²) in [5, 5.41) is 9.16. The number of carbonyl (C=O) groups is 1. The summed E-state index contributed by atoms with van der Waals surface area (Å²) in [7, 11) is 0.128. The van der Waals surface area contributed by atoms with Crippen LogP contribution in [0.4, 0.5) is 0 Å². The highest BCUT2D eigenvalue weighted by atomic mass is 32.2. The van der Waals surface area contributed by atoms with Crippen LogP contribution in [0.1, 0.15) is 23.2 Å². The summed E-state index contributed by atoms with van der Waals surface area (Å²) < 4.78 is 49.7. The van der Waals surface area contributed by atoms with Crippen molar-refractivity contribution in [1.29, 1.82) is 0 Å². The Hall–Kier alpha value is -3.02. The van der Waals surface area contributed by atoms with Crippen LogP contribution < -0.4 is 24.4 Å². The highest BCUT2D eigenvalue weighted by Gasteiger charge is 2.35. The highest BCUT2D eigenvalue weighted by molar-refractivity contribution is 7.89. The summed E-state index contributed by atoms with van der Waals surface area (Å²) in [6.07, 6.45) is 0.710. The van der Waals surface area contributed by atoms with Crippen LogP contribution in [-0.4, -0.2) is 64.4 Å². The number of ether oxygens (including phenoxy) is 4. The minimum absolute atomic E-state index is 0.0884. The van der Waals surface area contributed by atoms with Crippen molar-refractivity contribution in [3.8, 4) is 23.0 Å². The van der Waals surface area contributed by atoms with Gasteiger partial charge in [-0.2, -0.15) is 4.31 Å². The predicted octanol–water partition coefficient (Wildman–Crippen LogP) is 2.06. The van der Waals surface area contributed by atoms with Crippen molar-refractivity contribution >= 4 is 15.9 Å². The Morgan fingerprint density at radius 3 is 2.16 bits per heavy atom. The molecule has 0 bridgehead atoms. The molecule has 0 aliphatic carbocycles. The molecule has 32 heavy (non-hydrogen) atoms. The zero-order valence-electron chi connectivity index (χ0n) is 18.0. The molecule has 11 heteroatoms. The van der Waals surface area contributed by atoms with Crippen molar-refractivity contribution in [2.45, 2.75) is 23.8 Å². The molecule has 1 amide bonds. The predicted molar refractivity (Wildman–Crippen MR) is 114 cm³/mol. The second-order valence-corrected chi connectivity index (χ2v) is 8.89. The molecule has 1 heterocycles. The Kier molecular flexibility index (Phi) is 7.44. The van der Waals surface area contributed by atoms with Gasteiger partial charge in [0.25, 0.3) is 5.91 Å². The molecule has 0 radical (unpaired) electrons. The van der Waals surface area contributed by atoms with E-state index in [1.165, 1.54) is 36.1 Å². The molecule has 0 atom stereocenters. The van der Waals surface area contributed by atoms with Gasteiger partial charge in [0.1, 0.15) is 11.7 Å². The highest BCUT2D eigenvalue weighted by Crippen LogP contribution is 2.37. The number of hydrogen-bond acceptors (Lipinski definition) is 8. The van der Waals surface area contributed by atoms with Crippen LogP contribution >= 0.6 is 0 Å². The van der Waals surface area contributed by atoms with Crippen molar-refractivity contribution < 1.29 is 37.4 Å². The zero-order chi connectivity index (χ0) is 23.3. The van der Waals surface area contributed by atoms with E-state index in [0.717, 1.165) is 0 Å². The van der Waals surface area contributed by atoms with Crippen molar-refractivity contribution in [3.05, 3.63) is 42.0 Å². The normalized spacial score (nSPS) is 15.1. The first kappa shape index (κ1) is 23.6. The largest absolute Gasteiger partial charge is 0.493 e. The van der Waals surface area contributed by atoms with Crippen molar-refractivity contribution in [2.24, 2.45) is 0 Å². The van der Waals surface area contributed by atoms with Crippen LogP contribution in [0.15, 0.2) is 41.3 Å². The minimum atomic E-state index is -4.07. The Balaban J connectivity index is 1.83. The number of piperidine rings is 1. The quantitative estimate of drug-likeness (QED) is 0.448. The van der Waals surface area contributed by atoms with Crippen LogP contribution in [0.5, 0.6) is 23.0 Å². The molecule has 1 fully saturated rings. The Labute approximate surface area is 186 Å². The van der Waals surface area contributed by atoms with Gasteiger partial charge < -0.3 is 18.9 Å². The van der Waals surface area contributed by atoms with Gasteiger partial charge in [-0.3, -0.25) is 10.0 Å². The fraction of sp³-hybridized carbons (Fsp3) is 0.381. The average molecular weight is 467 g/mol. The summed E-state index contributed by atoms with van der Waals surface area (Å²) >= 11 is 0. The van der Waals surface area contributed by atoms with Gasteiger partial charge in [-0.1, -0.05) is 12.1 Å². The number of methoxy groups -OCH3 is 3. The molecule has 2 N–H and O–H groups in total. The summed E-state index contributed by atoms with van der Waals surface area (Å²) in [5.41, 5.74) is 1.15. The third-order valence-electron chi connectivity index (χ3n) is 5.22. The van der Waals surface area contributed by atoms with Gasteiger partial charge in [-0.15, -0.1) is 0 Å². The SMILES string of the molecule is COc1ccccc1OC1CCN(S(=O)(=O)c2ccc(OC)c(OC)c2C(=O)NO)CC1. The minimum Gasteiger partial charge on any atom is -0.493 e. The van der Waals surface area contributed by atoms with Crippen LogP contribution in [-0.2, 0) is 10.0 Å². The van der Waals surface area contributed by atoms with E-state index < -0.39 is 15.9 Å². The molecule has 0 saturated carbocycles. The Morgan fingerprint density at radius 2 is 1.59 bits per heavy atom. The summed E-state index contributed by atoms with van der Waals surface area (Å²) in [6, 6.07) is 9.92. The second-order valence-electron chi connectivity index (χ2n) is 6.99. The van der Waals surface area contributed by atoms with Crippen LogP contribution in [0.25, 0.3) is 0 Å². The number of amides is 1.